The number of hydrogen-bond donors (Lipinski definition) is 3. The molecule has 0 aliphatic heterocycles. The maximum atomic E-state index is 9.60. The predicted octanol–water partition coefficient (Wildman–Crippen LogP) is 1.18. The molecule has 1 fully saturated rings. The van der Waals surface area contributed by atoms with Gasteiger partial charge in [0.25, 0.3) is 0 Å². The van der Waals surface area contributed by atoms with Crippen molar-refractivity contribution in [1.82, 2.24) is 15.0 Å². The zero-order valence-corrected chi connectivity index (χ0v) is 10.8. The number of rotatable bonds is 4. The minimum atomic E-state index is -0.278. The van der Waals surface area contributed by atoms with Crippen molar-refractivity contribution in [3.05, 3.63) is 18.3 Å². The van der Waals surface area contributed by atoms with Crippen LogP contribution in [-0.2, 0) is 0 Å². The molecule has 0 unspecified atom stereocenters. The number of nitrogens with two attached hydrogens (primary N) is 1. The van der Waals surface area contributed by atoms with Crippen molar-refractivity contribution < 1.29 is 5.11 Å². The maximum Gasteiger partial charge on any atom is 0.222 e. The van der Waals surface area contributed by atoms with Crippen LogP contribution in [0.3, 0.4) is 0 Å². The third-order valence-electron chi connectivity index (χ3n) is 3.85. The fraction of sp³-hybridized carbons (Fsp3) is 0.462. The molecule has 2 atom stereocenters. The quantitative estimate of drug-likeness (QED) is 0.763. The van der Waals surface area contributed by atoms with Crippen molar-refractivity contribution in [2.24, 2.45) is 5.92 Å². The number of fused-ring (bicyclic) bond motifs is 1. The second kappa shape index (κ2) is 4.31. The molecule has 0 radical (unpaired) electrons. The Morgan fingerprint density at radius 1 is 1.53 bits per heavy atom. The molecular formula is C13H17N5O. The molecule has 6 nitrogen and oxygen atoms in total. The van der Waals surface area contributed by atoms with Crippen LogP contribution in [0.1, 0.15) is 19.8 Å². The topological polar surface area (TPSA) is 97.0 Å². The van der Waals surface area contributed by atoms with Crippen LogP contribution in [0.2, 0.25) is 0 Å². The highest BCUT2D eigenvalue weighted by Crippen LogP contribution is 2.48. The molecule has 4 N–H and O–H groups in total. The first kappa shape index (κ1) is 12.1. The van der Waals surface area contributed by atoms with Gasteiger partial charge in [-0.2, -0.15) is 4.98 Å². The number of nitrogens with zero attached hydrogens (tertiary/aromatic N) is 3. The average Bonchev–Trinajstić information content (AvgIpc) is 3.12. The molecule has 19 heavy (non-hydrogen) atoms. The summed E-state index contributed by atoms with van der Waals surface area (Å²) in [6, 6.07) is 3.66. The smallest absolute Gasteiger partial charge is 0.222 e. The molecule has 2 heterocycles. The number of aliphatic hydroxyl groups excluding tert-OH is 1. The fourth-order valence-electron chi connectivity index (χ4n) is 2.61. The number of anilines is 2. The lowest BCUT2D eigenvalue weighted by molar-refractivity contribution is 0.256. The lowest BCUT2D eigenvalue weighted by Crippen LogP contribution is -2.29. The zero-order chi connectivity index (χ0) is 13.5. The van der Waals surface area contributed by atoms with Gasteiger partial charge in [-0.25, -0.2) is 4.98 Å². The Balaban J connectivity index is 2.01. The molecule has 0 bridgehead atoms. The molecule has 0 amide bonds. The molecule has 0 saturated heterocycles. The van der Waals surface area contributed by atoms with Crippen LogP contribution in [0.5, 0.6) is 0 Å². The first-order chi connectivity index (χ1) is 9.18. The summed E-state index contributed by atoms with van der Waals surface area (Å²) in [5.74, 6) is 1.28. The maximum absolute atomic E-state index is 9.60. The average molecular weight is 259 g/mol. The molecule has 0 aromatic carbocycles. The highest BCUT2D eigenvalue weighted by molar-refractivity contribution is 5.86. The SMILES string of the molecule is CC[C@@H]1C[C@@]1(CO)Nc1nc(N)nc2cccnc12. The van der Waals surface area contributed by atoms with E-state index in [0.717, 1.165) is 12.8 Å². The fourth-order valence-corrected chi connectivity index (χ4v) is 2.61. The summed E-state index contributed by atoms with van der Waals surface area (Å²) in [5.41, 5.74) is 6.84. The summed E-state index contributed by atoms with van der Waals surface area (Å²) in [5, 5.41) is 12.9. The van der Waals surface area contributed by atoms with Crippen LogP contribution in [0, 0.1) is 5.92 Å². The monoisotopic (exact) mass is 259 g/mol. The predicted molar refractivity (Wildman–Crippen MR) is 73.6 cm³/mol. The van der Waals surface area contributed by atoms with E-state index in [-0.39, 0.29) is 18.1 Å². The molecule has 1 aliphatic carbocycles. The van der Waals surface area contributed by atoms with E-state index in [2.05, 4.69) is 27.2 Å². The molecule has 2 aromatic rings. The number of nitrogen functional groups attached to an aromatic ring is 1. The third kappa shape index (κ3) is 1.98. The number of nitrogens with one attached hydrogen (secondary N) is 1. The molecular weight excluding hydrogens is 242 g/mol. The van der Waals surface area contributed by atoms with Crippen molar-refractivity contribution in [3.8, 4) is 0 Å². The molecule has 2 aromatic heterocycles. The van der Waals surface area contributed by atoms with Crippen molar-refractivity contribution in [2.45, 2.75) is 25.3 Å². The largest absolute Gasteiger partial charge is 0.394 e. The van der Waals surface area contributed by atoms with Crippen LogP contribution >= 0.6 is 0 Å². The Morgan fingerprint density at radius 2 is 2.37 bits per heavy atom. The second-order valence-electron chi connectivity index (χ2n) is 5.05. The van der Waals surface area contributed by atoms with Crippen molar-refractivity contribution >= 4 is 22.8 Å². The van der Waals surface area contributed by atoms with Gasteiger partial charge in [0, 0.05) is 6.20 Å². The van der Waals surface area contributed by atoms with E-state index >= 15 is 0 Å². The van der Waals surface area contributed by atoms with Gasteiger partial charge in [-0.3, -0.25) is 4.98 Å². The van der Waals surface area contributed by atoms with E-state index in [9.17, 15) is 5.11 Å². The number of aromatic nitrogens is 3. The minimum absolute atomic E-state index is 0.0870. The van der Waals surface area contributed by atoms with Gasteiger partial charge in [0.15, 0.2) is 5.82 Å². The Labute approximate surface area is 111 Å². The van der Waals surface area contributed by atoms with E-state index in [1.807, 2.05) is 12.1 Å². The Morgan fingerprint density at radius 3 is 3.05 bits per heavy atom. The highest BCUT2D eigenvalue weighted by Gasteiger charge is 2.53. The van der Waals surface area contributed by atoms with Gasteiger partial charge in [-0.1, -0.05) is 13.3 Å². The normalized spacial score (nSPS) is 25.5. The van der Waals surface area contributed by atoms with E-state index in [1.165, 1.54) is 0 Å². The third-order valence-corrected chi connectivity index (χ3v) is 3.85. The van der Waals surface area contributed by atoms with Gasteiger partial charge in [0.1, 0.15) is 5.52 Å². The Hall–Kier alpha value is -1.95. The van der Waals surface area contributed by atoms with Gasteiger partial charge < -0.3 is 16.2 Å². The summed E-state index contributed by atoms with van der Waals surface area (Å²) >= 11 is 0. The van der Waals surface area contributed by atoms with Gasteiger partial charge in [0.05, 0.1) is 17.7 Å². The Kier molecular flexibility index (Phi) is 2.74. The van der Waals surface area contributed by atoms with Crippen molar-refractivity contribution in [1.29, 1.82) is 0 Å². The van der Waals surface area contributed by atoms with Gasteiger partial charge in [-0.15, -0.1) is 0 Å². The van der Waals surface area contributed by atoms with Crippen molar-refractivity contribution in [3.63, 3.8) is 0 Å². The van der Waals surface area contributed by atoms with Crippen LogP contribution < -0.4 is 11.1 Å². The lowest BCUT2D eigenvalue weighted by atomic mass is 10.2. The zero-order valence-electron chi connectivity index (χ0n) is 10.8. The van der Waals surface area contributed by atoms with E-state index in [4.69, 9.17) is 5.73 Å². The molecule has 3 rings (SSSR count). The van der Waals surface area contributed by atoms with E-state index < -0.39 is 0 Å². The lowest BCUT2D eigenvalue weighted by Gasteiger charge is -2.18. The summed E-state index contributed by atoms with van der Waals surface area (Å²) in [6.07, 6.45) is 3.67. The van der Waals surface area contributed by atoms with Crippen LogP contribution in [0.25, 0.3) is 11.0 Å². The standard InChI is InChI=1S/C13H17N5O/c1-2-8-6-13(8,7-19)18-11-10-9(4-3-5-15-10)16-12(14)17-11/h3-5,8,19H,2,6-7H2,1H3,(H3,14,16,17,18)/t8-,13+/m1/s1. The van der Waals surface area contributed by atoms with E-state index in [0.29, 0.717) is 22.8 Å². The number of pyridine rings is 1. The molecule has 1 aliphatic rings. The Bertz CT molecular complexity index is 617. The van der Waals surface area contributed by atoms with Gasteiger partial charge >= 0.3 is 0 Å². The molecule has 6 heteroatoms. The summed E-state index contributed by atoms with van der Waals surface area (Å²) in [4.78, 5) is 12.7. The van der Waals surface area contributed by atoms with Crippen LogP contribution in [0.4, 0.5) is 11.8 Å². The highest BCUT2D eigenvalue weighted by atomic mass is 16.3. The number of aliphatic hydroxyl groups is 1. The first-order valence-electron chi connectivity index (χ1n) is 6.46. The van der Waals surface area contributed by atoms with Crippen molar-refractivity contribution in [2.75, 3.05) is 17.7 Å². The van der Waals surface area contributed by atoms with Crippen LogP contribution in [0.15, 0.2) is 18.3 Å². The summed E-state index contributed by atoms with van der Waals surface area (Å²) in [7, 11) is 0. The van der Waals surface area contributed by atoms with E-state index in [1.54, 1.807) is 6.20 Å². The molecule has 0 spiro atoms. The molecule has 100 valence electrons. The van der Waals surface area contributed by atoms with Gasteiger partial charge in [0.2, 0.25) is 5.95 Å². The summed E-state index contributed by atoms with van der Waals surface area (Å²) < 4.78 is 0. The molecule has 1 saturated carbocycles. The van der Waals surface area contributed by atoms with Crippen LogP contribution in [-0.4, -0.2) is 32.2 Å². The minimum Gasteiger partial charge on any atom is -0.394 e. The van der Waals surface area contributed by atoms with Gasteiger partial charge in [-0.05, 0) is 24.5 Å². The first-order valence-corrected chi connectivity index (χ1v) is 6.46. The summed E-state index contributed by atoms with van der Waals surface area (Å²) in [6.45, 7) is 2.21. The number of hydrogen-bond acceptors (Lipinski definition) is 6. The second-order valence-corrected chi connectivity index (χ2v) is 5.05.